The van der Waals surface area contributed by atoms with E-state index in [0.717, 1.165) is 61.3 Å². The zero-order chi connectivity index (χ0) is 24.9. The molecular formula is C27H32FN5O3. The van der Waals surface area contributed by atoms with E-state index >= 15 is 0 Å². The molecule has 36 heavy (non-hydrogen) atoms. The minimum Gasteiger partial charge on any atom is -0.377 e. The molecule has 1 aliphatic heterocycles. The number of hydrogen-bond acceptors (Lipinski definition) is 6. The first kappa shape index (κ1) is 24.4. The summed E-state index contributed by atoms with van der Waals surface area (Å²) in [6, 6.07) is 10.1. The van der Waals surface area contributed by atoms with Crippen molar-refractivity contribution in [2.24, 2.45) is 0 Å². The van der Waals surface area contributed by atoms with Gasteiger partial charge in [0.25, 0.3) is 0 Å². The highest BCUT2D eigenvalue weighted by Crippen LogP contribution is 2.38. The van der Waals surface area contributed by atoms with Gasteiger partial charge in [-0.3, -0.25) is 9.48 Å². The van der Waals surface area contributed by atoms with Gasteiger partial charge < -0.3 is 14.2 Å². The Morgan fingerprint density at radius 1 is 1.17 bits per heavy atom. The molecule has 2 aliphatic rings. The summed E-state index contributed by atoms with van der Waals surface area (Å²) >= 11 is 0. The van der Waals surface area contributed by atoms with E-state index in [4.69, 9.17) is 14.4 Å². The molecule has 0 N–H and O–H groups in total. The van der Waals surface area contributed by atoms with Crippen LogP contribution in [0.3, 0.4) is 0 Å². The fourth-order valence-electron chi connectivity index (χ4n) is 4.28. The molecule has 0 unspecified atom stereocenters. The summed E-state index contributed by atoms with van der Waals surface area (Å²) in [5.41, 5.74) is 2.56. The fraction of sp³-hybridized carbons (Fsp3) is 0.481. The maximum absolute atomic E-state index is 13.3. The van der Waals surface area contributed by atoms with E-state index in [1.54, 1.807) is 4.90 Å². The van der Waals surface area contributed by atoms with Crippen LogP contribution in [0.1, 0.15) is 68.6 Å². The molecule has 3 heterocycles. The summed E-state index contributed by atoms with van der Waals surface area (Å²) in [5, 5.41) is 8.76. The molecule has 1 saturated carbocycles. The Morgan fingerprint density at radius 3 is 2.78 bits per heavy atom. The van der Waals surface area contributed by atoms with E-state index in [9.17, 15) is 9.18 Å². The molecule has 0 bridgehead atoms. The maximum Gasteiger partial charge on any atom is 0.227 e. The van der Waals surface area contributed by atoms with Crippen LogP contribution in [0.25, 0.3) is 11.3 Å². The van der Waals surface area contributed by atoms with E-state index in [-0.39, 0.29) is 24.8 Å². The van der Waals surface area contributed by atoms with Crippen LogP contribution in [0, 0.1) is 0 Å². The molecule has 2 aromatic heterocycles. The number of benzene rings is 1. The minimum atomic E-state index is -0.479. The Bertz CT molecular complexity index is 1200. The Morgan fingerprint density at radius 2 is 2.03 bits per heavy atom. The number of halogens is 1. The van der Waals surface area contributed by atoms with Gasteiger partial charge in [-0.1, -0.05) is 30.3 Å². The van der Waals surface area contributed by atoms with Gasteiger partial charge in [-0.15, -0.1) is 0 Å². The number of carbonyl (C=O) groups excluding carboxylic acids is 1. The van der Waals surface area contributed by atoms with E-state index < -0.39 is 5.83 Å². The summed E-state index contributed by atoms with van der Waals surface area (Å²) in [6.45, 7) is 5.20. The Balaban J connectivity index is 1.21. The number of carbonyl (C=O) groups is 1. The molecule has 0 radical (unpaired) electrons. The maximum atomic E-state index is 13.3. The lowest BCUT2D eigenvalue weighted by Gasteiger charge is -2.26. The van der Waals surface area contributed by atoms with Gasteiger partial charge in [-0.25, -0.2) is 4.39 Å². The number of rotatable bonds is 13. The second kappa shape index (κ2) is 11.2. The minimum absolute atomic E-state index is 0.0311. The Kier molecular flexibility index (Phi) is 7.55. The molecule has 1 aromatic carbocycles. The first-order valence-corrected chi connectivity index (χ1v) is 12.8. The largest absolute Gasteiger partial charge is 0.377 e. The van der Waals surface area contributed by atoms with Crippen LogP contribution >= 0.6 is 0 Å². The molecule has 1 aliphatic carbocycles. The van der Waals surface area contributed by atoms with Crippen LogP contribution in [-0.2, 0) is 16.0 Å². The second-order valence-corrected chi connectivity index (χ2v) is 9.62. The number of aromatic nitrogens is 4. The Hall–Kier alpha value is -3.33. The van der Waals surface area contributed by atoms with Crippen LogP contribution < -0.4 is 4.90 Å². The van der Waals surface area contributed by atoms with Gasteiger partial charge in [0.05, 0.1) is 30.8 Å². The molecular weight excluding hydrogens is 461 g/mol. The topological polar surface area (TPSA) is 86.3 Å². The normalized spacial score (nSPS) is 15.6. The average Bonchev–Trinajstić information content (AvgIpc) is 3.39. The van der Waals surface area contributed by atoms with Crippen molar-refractivity contribution in [3.8, 4) is 11.3 Å². The van der Waals surface area contributed by atoms with Crippen LogP contribution in [-0.4, -0.2) is 45.6 Å². The highest BCUT2D eigenvalue weighted by atomic mass is 19.1. The van der Waals surface area contributed by atoms with Gasteiger partial charge in [-0.05, 0) is 43.9 Å². The first-order valence-electron chi connectivity index (χ1n) is 12.8. The fourth-order valence-corrected chi connectivity index (χ4v) is 4.28. The van der Waals surface area contributed by atoms with Crippen molar-refractivity contribution in [1.29, 1.82) is 0 Å². The second-order valence-electron chi connectivity index (χ2n) is 9.62. The number of anilines is 1. The van der Waals surface area contributed by atoms with Gasteiger partial charge in [-0.2, -0.15) is 10.1 Å². The number of ether oxygens (including phenoxy) is 1. The third-order valence-electron chi connectivity index (χ3n) is 6.67. The molecule has 2 fully saturated rings. The number of amides is 1. The smallest absolute Gasteiger partial charge is 0.227 e. The zero-order valence-corrected chi connectivity index (χ0v) is 20.4. The predicted molar refractivity (Wildman–Crippen MR) is 133 cm³/mol. The highest BCUT2D eigenvalue weighted by Gasteiger charge is 2.28. The third kappa shape index (κ3) is 6.07. The van der Waals surface area contributed by atoms with Crippen molar-refractivity contribution in [1.82, 2.24) is 19.9 Å². The van der Waals surface area contributed by atoms with E-state index in [2.05, 4.69) is 16.7 Å². The van der Waals surface area contributed by atoms with E-state index in [1.165, 1.54) is 0 Å². The average molecular weight is 494 g/mol. The summed E-state index contributed by atoms with van der Waals surface area (Å²) in [5.74, 6) is 1.41. The van der Waals surface area contributed by atoms with Gasteiger partial charge in [0.2, 0.25) is 11.8 Å². The number of hydrogen-bond donors (Lipinski definition) is 0. The monoisotopic (exact) mass is 493 g/mol. The molecule has 1 saturated heterocycles. The number of unbranched alkanes of at least 4 members (excludes halogenated alkanes) is 2. The lowest BCUT2D eigenvalue weighted by Crippen LogP contribution is -2.31. The quantitative estimate of drug-likeness (QED) is 0.297. The van der Waals surface area contributed by atoms with Crippen molar-refractivity contribution < 1.29 is 18.4 Å². The van der Waals surface area contributed by atoms with Crippen molar-refractivity contribution in [3.05, 3.63) is 60.6 Å². The van der Waals surface area contributed by atoms with Crippen molar-refractivity contribution in [2.75, 3.05) is 24.7 Å². The standard InChI is InChI=1S/C27H32FN5O3/c1-19(28)9-12-26(34)32(14-4-2-3-8-25-29-27(31-36-25)20-10-11-20)22-7-5-6-21(16-22)24-13-15-33(30-24)23-17-35-18-23/h5-7,13,15-16,20,23H,1-4,8-12,14,17-18H2. The van der Waals surface area contributed by atoms with E-state index in [1.807, 2.05) is 41.2 Å². The van der Waals surface area contributed by atoms with Crippen LogP contribution in [0.2, 0.25) is 0 Å². The summed E-state index contributed by atoms with van der Waals surface area (Å²) in [6.07, 6.45) is 7.74. The number of allylic oxidation sites excluding steroid dienone is 1. The van der Waals surface area contributed by atoms with Crippen molar-refractivity contribution in [3.63, 3.8) is 0 Å². The SMILES string of the molecule is C=C(F)CCC(=O)N(CCCCCc1nc(C2CC2)no1)c1cccc(-c2ccn(C3COC3)n2)c1. The molecule has 9 heteroatoms. The van der Waals surface area contributed by atoms with Crippen LogP contribution in [0.5, 0.6) is 0 Å². The van der Waals surface area contributed by atoms with E-state index in [0.29, 0.717) is 31.6 Å². The van der Waals surface area contributed by atoms with Gasteiger partial charge >= 0.3 is 0 Å². The lowest BCUT2D eigenvalue weighted by atomic mass is 10.1. The lowest BCUT2D eigenvalue weighted by molar-refractivity contribution is -0.118. The first-order chi connectivity index (χ1) is 17.6. The Labute approximate surface area is 210 Å². The number of nitrogens with zero attached hydrogens (tertiary/aromatic N) is 5. The number of aryl methyl sites for hydroxylation is 1. The summed E-state index contributed by atoms with van der Waals surface area (Å²) < 4.78 is 25.8. The molecule has 8 nitrogen and oxygen atoms in total. The molecule has 0 spiro atoms. The molecule has 0 atom stereocenters. The molecule has 1 amide bonds. The van der Waals surface area contributed by atoms with Crippen molar-refractivity contribution >= 4 is 11.6 Å². The highest BCUT2D eigenvalue weighted by molar-refractivity contribution is 5.94. The van der Waals surface area contributed by atoms with Crippen LogP contribution in [0.4, 0.5) is 10.1 Å². The molecule has 190 valence electrons. The molecule has 5 rings (SSSR count). The van der Waals surface area contributed by atoms with Crippen LogP contribution in [0.15, 0.2) is 53.5 Å². The van der Waals surface area contributed by atoms with Gasteiger partial charge in [0.15, 0.2) is 5.82 Å². The van der Waals surface area contributed by atoms with Gasteiger partial charge in [0.1, 0.15) is 0 Å². The third-order valence-corrected chi connectivity index (χ3v) is 6.67. The van der Waals surface area contributed by atoms with Crippen molar-refractivity contribution in [2.45, 2.75) is 63.3 Å². The predicted octanol–water partition coefficient (Wildman–Crippen LogP) is 5.39. The molecule has 3 aromatic rings. The van der Waals surface area contributed by atoms with Gasteiger partial charge in [0, 0.05) is 49.2 Å². The summed E-state index contributed by atoms with van der Waals surface area (Å²) in [4.78, 5) is 19.3. The summed E-state index contributed by atoms with van der Waals surface area (Å²) in [7, 11) is 0. The zero-order valence-electron chi connectivity index (χ0n) is 20.4.